The fourth-order valence-corrected chi connectivity index (χ4v) is 1.50. The molecule has 100 valence electrons. The van der Waals surface area contributed by atoms with Crippen molar-refractivity contribution >= 4 is 5.97 Å². The van der Waals surface area contributed by atoms with Crippen molar-refractivity contribution in [3.05, 3.63) is 35.4 Å². The SMILES string of the molecule is CC(=O)OC(C)NCc1ccccc1C(F)(F)F. The van der Waals surface area contributed by atoms with Crippen molar-refractivity contribution in [1.29, 1.82) is 0 Å². The van der Waals surface area contributed by atoms with Gasteiger partial charge in [0.05, 0.1) is 5.56 Å². The van der Waals surface area contributed by atoms with Crippen LogP contribution < -0.4 is 5.32 Å². The topological polar surface area (TPSA) is 38.3 Å². The number of rotatable bonds is 4. The van der Waals surface area contributed by atoms with Gasteiger partial charge in [-0.15, -0.1) is 0 Å². The highest BCUT2D eigenvalue weighted by atomic mass is 19.4. The fraction of sp³-hybridized carbons (Fsp3) is 0.417. The summed E-state index contributed by atoms with van der Waals surface area (Å²) >= 11 is 0. The lowest BCUT2D eigenvalue weighted by atomic mass is 10.1. The molecule has 0 aliphatic carbocycles. The average molecular weight is 261 g/mol. The van der Waals surface area contributed by atoms with Crippen LogP contribution in [0.5, 0.6) is 0 Å². The molecule has 0 saturated carbocycles. The normalized spacial score (nSPS) is 13.2. The maximum absolute atomic E-state index is 12.7. The van der Waals surface area contributed by atoms with Gasteiger partial charge < -0.3 is 4.74 Å². The molecule has 1 unspecified atom stereocenters. The molecule has 0 fully saturated rings. The van der Waals surface area contributed by atoms with E-state index in [2.05, 4.69) is 5.32 Å². The molecule has 6 heteroatoms. The maximum Gasteiger partial charge on any atom is 0.416 e. The number of ether oxygens (including phenoxy) is 1. The number of alkyl halides is 3. The Bertz CT molecular complexity index is 418. The number of carbonyl (C=O) groups is 1. The molecule has 1 N–H and O–H groups in total. The lowest BCUT2D eigenvalue weighted by molar-refractivity contribution is -0.147. The molecule has 0 spiro atoms. The third-order valence-electron chi connectivity index (χ3n) is 2.25. The Labute approximate surface area is 103 Å². The average Bonchev–Trinajstić information content (AvgIpc) is 2.24. The second kappa shape index (κ2) is 5.86. The molecule has 0 radical (unpaired) electrons. The minimum absolute atomic E-state index is 0.0237. The molecule has 1 aromatic carbocycles. The molecule has 1 atom stereocenters. The first kappa shape index (κ1) is 14.5. The van der Waals surface area contributed by atoms with Crippen LogP contribution in [0.2, 0.25) is 0 Å². The first-order valence-corrected chi connectivity index (χ1v) is 5.36. The monoisotopic (exact) mass is 261 g/mol. The van der Waals surface area contributed by atoms with E-state index in [9.17, 15) is 18.0 Å². The van der Waals surface area contributed by atoms with Crippen LogP contribution in [0.1, 0.15) is 25.0 Å². The van der Waals surface area contributed by atoms with Crippen LogP contribution in [-0.4, -0.2) is 12.2 Å². The van der Waals surface area contributed by atoms with Crippen molar-refractivity contribution in [2.24, 2.45) is 0 Å². The van der Waals surface area contributed by atoms with Crippen LogP contribution in [0.3, 0.4) is 0 Å². The molecule has 0 saturated heterocycles. The number of carbonyl (C=O) groups excluding carboxylic acids is 1. The molecule has 0 heterocycles. The van der Waals surface area contributed by atoms with Gasteiger partial charge in [0, 0.05) is 13.5 Å². The van der Waals surface area contributed by atoms with Crippen molar-refractivity contribution in [1.82, 2.24) is 5.32 Å². The molecule has 1 rings (SSSR count). The van der Waals surface area contributed by atoms with Gasteiger partial charge in [-0.05, 0) is 18.6 Å². The largest absolute Gasteiger partial charge is 0.447 e. The van der Waals surface area contributed by atoms with Gasteiger partial charge in [-0.1, -0.05) is 18.2 Å². The number of halogens is 3. The Kier molecular flexibility index (Phi) is 4.72. The summed E-state index contributed by atoms with van der Waals surface area (Å²) in [5, 5.41) is 2.70. The lowest BCUT2D eigenvalue weighted by Gasteiger charge is -2.16. The van der Waals surface area contributed by atoms with E-state index < -0.39 is 23.9 Å². The van der Waals surface area contributed by atoms with Crippen molar-refractivity contribution in [3.63, 3.8) is 0 Å². The van der Waals surface area contributed by atoms with Crippen LogP contribution in [0.15, 0.2) is 24.3 Å². The Balaban J connectivity index is 2.71. The second-order valence-electron chi connectivity index (χ2n) is 3.79. The van der Waals surface area contributed by atoms with Crippen LogP contribution in [-0.2, 0) is 22.3 Å². The third-order valence-corrected chi connectivity index (χ3v) is 2.25. The lowest BCUT2D eigenvalue weighted by Crippen LogP contribution is -2.30. The van der Waals surface area contributed by atoms with E-state index in [4.69, 9.17) is 4.74 Å². The third kappa shape index (κ3) is 4.37. The molecular weight excluding hydrogens is 247 g/mol. The summed E-state index contributed by atoms with van der Waals surface area (Å²) in [6.45, 7) is 2.77. The smallest absolute Gasteiger partial charge is 0.416 e. The van der Waals surface area contributed by atoms with Crippen LogP contribution in [0, 0.1) is 0 Å². The number of esters is 1. The first-order valence-electron chi connectivity index (χ1n) is 5.36. The van der Waals surface area contributed by atoms with E-state index in [1.807, 2.05) is 0 Å². The zero-order valence-electron chi connectivity index (χ0n) is 10.0. The molecule has 0 bridgehead atoms. The summed E-state index contributed by atoms with van der Waals surface area (Å²) in [6.07, 6.45) is -5.02. The van der Waals surface area contributed by atoms with Gasteiger partial charge in [0.2, 0.25) is 0 Å². The Morgan fingerprint density at radius 3 is 2.56 bits per heavy atom. The minimum Gasteiger partial charge on any atom is -0.447 e. The summed E-state index contributed by atoms with van der Waals surface area (Å²) in [7, 11) is 0. The van der Waals surface area contributed by atoms with Gasteiger partial charge in [0.15, 0.2) is 6.23 Å². The van der Waals surface area contributed by atoms with E-state index in [0.717, 1.165) is 6.07 Å². The zero-order valence-corrected chi connectivity index (χ0v) is 10.0. The summed E-state index contributed by atoms with van der Waals surface area (Å²) in [6, 6.07) is 5.27. The molecule has 18 heavy (non-hydrogen) atoms. The number of hydrogen-bond donors (Lipinski definition) is 1. The molecular formula is C12H14F3NO2. The highest BCUT2D eigenvalue weighted by molar-refractivity contribution is 5.66. The Morgan fingerprint density at radius 2 is 2.00 bits per heavy atom. The maximum atomic E-state index is 12.7. The molecule has 0 aliphatic rings. The molecule has 3 nitrogen and oxygen atoms in total. The Morgan fingerprint density at radius 1 is 1.39 bits per heavy atom. The van der Waals surface area contributed by atoms with Crippen LogP contribution in [0.25, 0.3) is 0 Å². The summed E-state index contributed by atoms with van der Waals surface area (Å²) < 4.78 is 42.8. The number of nitrogens with one attached hydrogen (secondary N) is 1. The van der Waals surface area contributed by atoms with Gasteiger partial charge in [-0.3, -0.25) is 10.1 Å². The van der Waals surface area contributed by atoms with Gasteiger partial charge in [-0.2, -0.15) is 13.2 Å². The van der Waals surface area contributed by atoms with Gasteiger partial charge in [0.25, 0.3) is 0 Å². The standard InChI is InChI=1S/C12H14F3NO2/c1-8(18-9(2)17)16-7-10-5-3-4-6-11(10)12(13,14)15/h3-6,8,16H,7H2,1-2H3. The predicted octanol–water partition coefficient (Wildman–Crippen LogP) is 2.70. The summed E-state index contributed by atoms with van der Waals surface area (Å²) in [4.78, 5) is 10.6. The van der Waals surface area contributed by atoms with Crippen molar-refractivity contribution in [2.45, 2.75) is 32.8 Å². The summed E-state index contributed by atoms with van der Waals surface area (Å²) in [5.74, 6) is -0.487. The highest BCUT2D eigenvalue weighted by Crippen LogP contribution is 2.31. The molecule has 0 amide bonds. The van der Waals surface area contributed by atoms with Gasteiger partial charge >= 0.3 is 12.1 Å². The highest BCUT2D eigenvalue weighted by Gasteiger charge is 2.32. The fourth-order valence-electron chi connectivity index (χ4n) is 1.50. The molecule has 0 aliphatic heterocycles. The van der Waals surface area contributed by atoms with E-state index in [1.165, 1.54) is 25.1 Å². The predicted molar refractivity (Wildman–Crippen MR) is 59.5 cm³/mol. The molecule has 1 aromatic rings. The van der Waals surface area contributed by atoms with Gasteiger partial charge in [-0.25, -0.2) is 0 Å². The van der Waals surface area contributed by atoms with Crippen molar-refractivity contribution < 1.29 is 22.7 Å². The Hall–Kier alpha value is -1.56. The van der Waals surface area contributed by atoms with Gasteiger partial charge in [0.1, 0.15) is 0 Å². The van der Waals surface area contributed by atoms with Crippen molar-refractivity contribution in [3.8, 4) is 0 Å². The zero-order chi connectivity index (χ0) is 13.8. The first-order chi connectivity index (χ1) is 8.30. The number of hydrogen-bond acceptors (Lipinski definition) is 3. The number of benzene rings is 1. The molecule has 0 aromatic heterocycles. The van der Waals surface area contributed by atoms with E-state index in [1.54, 1.807) is 6.92 Å². The minimum atomic E-state index is -4.39. The van der Waals surface area contributed by atoms with Crippen molar-refractivity contribution in [2.75, 3.05) is 0 Å². The van der Waals surface area contributed by atoms with Crippen LogP contribution >= 0.6 is 0 Å². The quantitative estimate of drug-likeness (QED) is 0.669. The van der Waals surface area contributed by atoms with E-state index in [0.29, 0.717) is 0 Å². The van der Waals surface area contributed by atoms with E-state index >= 15 is 0 Å². The second-order valence-corrected chi connectivity index (χ2v) is 3.79. The summed E-state index contributed by atoms with van der Waals surface area (Å²) in [5.41, 5.74) is -0.573. The van der Waals surface area contributed by atoms with Crippen LogP contribution in [0.4, 0.5) is 13.2 Å². The van der Waals surface area contributed by atoms with E-state index in [-0.39, 0.29) is 12.1 Å².